The fraction of sp³-hybridized carbons (Fsp3) is 0.267. The highest BCUT2D eigenvalue weighted by Gasteiger charge is 2.14. The van der Waals surface area contributed by atoms with Crippen LogP contribution in [0.2, 0.25) is 0 Å². The van der Waals surface area contributed by atoms with Gasteiger partial charge in [0.05, 0.1) is 12.6 Å². The van der Waals surface area contributed by atoms with Crippen LogP contribution in [-0.2, 0) is 4.74 Å². The molecular formula is C15H16BrNO2. The summed E-state index contributed by atoms with van der Waals surface area (Å²) in [6.07, 6.45) is 0. The quantitative estimate of drug-likeness (QED) is 0.860. The van der Waals surface area contributed by atoms with Gasteiger partial charge in [0.25, 0.3) is 5.91 Å². The zero-order chi connectivity index (χ0) is 13.7. The SMILES string of the molecule is COCC(CBr)NC(=O)c1cccc2ccccc12. The molecule has 0 heterocycles. The number of rotatable bonds is 5. The van der Waals surface area contributed by atoms with Crippen LogP contribution in [0.25, 0.3) is 10.8 Å². The monoisotopic (exact) mass is 321 g/mol. The number of nitrogens with one attached hydrogen (secondary N) is 1. The smallest absolute Gasteiger partial charge is 0.252 e. The standard InChI is InChI=1S/C15H16BrNO2/c1-19-10-12(9-16)17-15(18)14-8-4-6-11-5-2-3-7-13(11)14/h2-8,12H,9-10H2,1H3,(H,17,18). The second-order valence-electron chi connectivity index (χ2n) is 4.31. The molecule has 2 aromatic carbocycles. The van der Waals surface area contributed by atoms with E-state index in [0.29, 0.717) is 17.5 Å². The average molecular weight is 322 g/mol. The van der Waals surface area contributed by atoms with Gasteiger partial charge in [-0.15, -0.1) is 0 Å². The molecule has 0 aliphatic heterocycles. The predicted octanol–water partition coefficient (Wildman–Crippen LogP) is 2.98. The summed E-state index contributed by atoms with van der Waals surface area (Å²) >= 11 is 3.37. The fourth-order valence-electron chi connectivity index (χ4n) is 2.01. The van der Waals surface area contributed by atoms with Crippen LogP contribution in [0.3, 0.4) is 0 Å². The van der Waals surface area contributed by atoms with Crippen molar-refractivity contribution in [2.75, 3.05) is 19.0 Å². The first kappa shape index (κ1) is 14.0. The Labute approximate surface area is 121 Å². The van der Waals surface area contributed by atoms with E-state index in [1.807, 2.05) is 42.5 Å². The van der Waals surface area contributed by atoms with Crippen molar-refractivity contribution in [2.24, 2.45) is 0 Å². The number of carbonyl (C=O) groups is 1. The molecular weight excluding hydrogens is 306 g/mol. The molecule has 1 amide bonds. The van der Waals surface area contributed by atoms with E-state index in [4.69, 9.17) is 4.74 Å². The van der Waals surface area contributed by atoms with Gasteiger partial charge in [-0.25, -0.2) is 0 Å². The molecule has 0 aliphatic rings. The number of halogens is 1. The maximum atomic E-state index is 12.3. The van der Waals surface area contributed by atoms with Crippen molar-refractivity contribution < 1.29 is 9.53 Å². The fourth-order valence-corrected chi connectivity index (χ4v) is 2.36. The molecule has 1 atom stereocenters. The Hall–Kier alpha value is -1.39. The minimum atomic E-state index is -0.0710. The second kappa shape index (κ2) is 6.68. The molecule has 1 unspecified atom stereocenters. The van der Waals surface area contributed by atoms with Gasteiger partial charge in [0, 0.05) is 18.0 Å². The summed E-state index contributed by atoms with van der Waals surface area (Å²) in [5, 5.41) is 5.66. The Morgan fingerprint density at radius 2 is 2.00 bits per heavy atom. The van der Waals surface area contributed by atoms with E-state index in [1.165, 1.54) is 0 Å². The van der Waals surface area contributed by atoms with Crippen molar-refractivity contribution in [2.45, 2.75) is 6.04 Å². The zero-order valence-electron chi connectivity index (χ0n) is 10.7. The molecule has 19 heavy (non-hydrogen) atoms. The largest absolute Gasteiger partial charge is 0.383 e. The van der Waals surface area contributed by atoms with Gasteiger partial charge in [0.15, 0.2) is 0 Å². The van der Waals surface area contributed by atoms with Gasteiger partial charge in [0.1, 0.15) is 0 Å². The zero-order valence-corrected chi connectivity index (χ0v) is 12.3. The number of amides is 1. The molecule has 0 bridgehead atoms. The number of fused-ring (bicyclic) bond motifs is 1. The molecule has 0 aliphatic carbocycles. The van der Waals surface area contributed by atoms with Crippen molar-refractivity contribution in [1.82, 2.24) is 5.32 Å². The van der Waals surface area contributed by atoms with Crippen LogP contribution >= 0.6 is 15.9 Å². The Bertz CT molecular complexity index is 566. The minimum Gasteiger partial charge on any atom is -0.383 e. The van der Waals surface area contributed by atoms with Crippen molar-refractivity contribution >= 4 is 32.6 Å². The summed E-state index contributed by atoms with van der Waals surface area (Å²) in [4.78, 5) is 12.3. The number of benzene rings is 2. The Morgan fingerprint density at radius 1 is 1.26 bits per heavy atom. The summed E-state index contributed by atoms with van der Waals surface area (Å²) in [7, 11) is 1.62. The van der Waals surface area contributed by atoms with Gasteiger partial charge < -0.3 is 10.1 Å². The first-order valence-electron chi connectivity index (χ1n) is 6.09. The number of hydrogen-bond donors (Lipinski definition) is 1. The molecule has 1 N–H and O–H groups in total. The normalized spacial score (nSPS) is 12.3. The van der Waals surface area contributed by atoms with Crippen molar-refractivity contribution in [3.63, 3.8) is 0 Å². The second-order valence-corrected chi connectivity index (χ2v) is 4.95. The van der Waals surface area contributed by atoms with Crippen LogP contribution in [0.1, 0.15) is 10.4 Å². The summed E-state index contributed by atoms with van der Waals surface area (Å²) in [6, 6.07) is 13.6. The third-order valence-electron chi connectivity index (χ3n) is 2.92. The van der Waals surface area contributed by atoms with Crippen LogP contribution in [-0.4, -0.2) is 31.0 Å². The Balaban J connectivity index is 2.26. The van der Waals surface area contributed by atoms with E-state index in [0.717, 1.165) is 10.8 Å². The average Bonchev–Trinajstić information content (AvgIpc) is 2.46. The molecule has 3 nitrogen and oxygen atoms in total. The Kier molecular flexibility index (Phi) is 4.93. The van der Waals surface area contributed by atoms with Gasteiger partial charge in [-0.2, -0.15) is 0 Å². The number of methoxy groups -OCH3 is 1. The van der Waals surface area contributed by atoms with E-state index < -0.39 is 0 Å². The Morgan fingerprint density at radius 3 is 2.74 bits per heavy atom. The summed E-state index contributed by atoms with van der Waals surface area (Å²) in [5.41, 5.74) is 0.695. The van der Waals surface area contributed by atoms with E-state index in [2.05, 4.69) is 21.2 Å². The molecule has 0 radical (unpaired) electrons. The maximum Gasteiger partial charge on any atom is 0.252 e. The molecule has 100 valence electrons. The molecule has 0 spiro atoms. The van der Waals surface area contributed by atoms with E-state index in [-0.39, 0.29) is 11.9 Å². The molecule has 4 heteroatoms. The molecule has 2 aromatic rings. The van der Waals surface area contributed by atoms with Crippen molar-refractivity contribution in [3.8, 4) is 0 Å². The first-order valence-corrected chi connectivity index (χ1v) is 7.22. The van der Waals surface area contributed by atoms with Crippen LogP contribution in [0, 0.1) is 0 Å². The van der Waals surface area contributed by atoms with Gasteiger partial charge in [0.2, 0.25) is 0 Å². The lowest BCUT2D eigenvalue weighted by Gasteiger charge is -2.16. The number of alkyl halides is 1. The maximum absolute atomic E-state index is 12.3. The summed E-state index contributed by atoms with van der Waals surface area (Å²) < 4.78 is 5.07. The third kappa shape index (κ3) is 3.33. The van der Waals surface area contributed by atoms with Crippen molar-refractivity contribution in [3.05, 3.63) is 48.0 Å². The van der Waals surface area contributed by atoms with Crippen LogP contribution < -0.4 is 5.32 Å². The lowest BCUT2D eigenvalue weighted by molar-refractivity contribution is 0.0909. The molecule has 0 fully saturated rings. The van der Waals surface area contributed by atoms with Gasteiger partial charge in [-0.05, 0) is 16.8 Å². The van der Waals surface area contributed by atoms with E-state index in [9.17, 15) is 4.79 Å². The van der Waals surface area contributed by atoms with Crippen molar-refractivity contribution in [1.29, 1.82) is 0 Å². The van der Waals surface area contributed by atoms with E-state index in [1.54, 1.807) is 7.11 Å². The van der Waals surface area contributed by atoms with Gasteiger partial charge >= 0.3 is 0 Å². The highest BCUT2D eigenvalue weighted by Crippen LogP contribution is 2.18. The topological polar surface area (TPSA) is 38.3 Å². The lowest BCUT2D eigenvalue weighted by Crippen LogP contribution is -2.39. The third-order valence-corrected chi connectivity index (χ3v) is 3.71. The molecule has 0 saturated heterocycles. The first-order chi connectivity index (χ1) is 9.26. The molecule has 2 rings (SSSR count). The minimum absolute atomic E-state index is 0.0310. The van der Waals surface area contributed by atoms with E-state index >= 15 is 0 Å². The highest BCUT2D eigenvalue weighted by atomic mass is 79.9. The van der Waals surface area contributed by atoms with Gasteiger partial charge in [-0.3, -0.25) is 4.79 Å². The van der Waals surface area contributed by atoms with Crippen LogP contribution in [0.4, 0.5) is 0 Å². The lowest BCUT2D eigenvalue weighted by atomic mass is 10.0. The molecule has 0 saturated carbocycles. The highest BCUT2D eigenvalue weighted by molar-refractivity contribution is 9.09. The number of ether oxygens (including phenoxy) is 1. The number of carbonyl (C=O) groups excluding carboxylic acids is 1. The van der Waals surface area contributed by atoms with Crippen LogP contribution in [0.15, 0.2) is 42.5 Å². The molecule has 0 aromatic heterocycles. The summed E-state index contributed by atoms with van der Waals surface area (Å²) in [5.74, 6) is -0.0710. The van der Waals surface area contributed by atoms with Gasteiger partial charge in [-0.1, -0.05) is 52.3 Å². The summed E-state index contributed by atoms with van der Waals surface area (Å²) in [6.45, 7) is 0.488. The predicted molar refractivity (Wildman–Crippen MR) is 80.9 cm³/mol. The van der Waals surface area contributed by atoms with Crippen LogP contribution in [0.5, 0.6) is 0 Å². The number of hydrogen-bond acceptors (Lipinski definition) is 2.